The monoisotopic (exact) mass is 653 g/mol. The van der Waals surface area contributed by atoms with Crippen LogP contribution < -0.4 is 0 Å². The van der Waals surface area contributed by atoms with E-state index in [0.717, 1.165) is 54.8 Å². The highest BCUT2D eigenvalue weighted by atomic mass is 16.5. The van der Waals surface area contributed by atoms with Gasteiger partial charge in [0.05, 0.1) is 0 Å². The molecule has 47 heavy (non-hydrogen) atoms. The van der Waals surface area contributed by atoms with E-state index >= 15 is 0 Å². The average molecular weight is 653 g/mol. The van der Waals surface area contributed by atoms with Crippen molar-refractivity contribution in [1.29, 1.82) is 0 Å². The molecule has 0 bridgehead atoms. The molecule has 0 unspecified atom stereocenters. The molecule has 0 aromatic carbocycles. The lowest BCUT2D eigenvalue weighted by atomic mass is 9.47. The first-order valence-electron chi connectivity index (χ1n) is 21.6. The van der Waals surface area contributed by atoms with Gasteiger partial charge >= 0.3 is 5.97 Å². The number of carbonyl (C=O) groups is 1. The van der Waals surface area contributed by atoms with Crippen LogP contribution >= 0.6 is 0 Å². The number of carbonyl (C=O) groups excluding carboxylic acids is 1. The molecule has 272 valence electrons. The quantitative estimate of drug-likeness (QED) is 0.0661. The van der Waals surface area contributed by atoms with Crippen LogP contribution in [0.1, 0.15) is 215 Å². The average Bonchev–Trinajstić information content (AvgIpc) is 3.40. The molecule has 0 N–H and O–H groups in total. The van der Waals surface area contributed by atoms with E-state index in [-0.39, 0.29) is 12.1 Å². The zero-order valence-corrected chi connectivity index (χ0v) is 32.5. The molecule has 0 aromatic rings. The van der Waals surface area contributed by atoms with Gasteiger partial charge in [0.2, 0.25) is 0 Å². The highest BCUT2D eigenvalue weighted by Crippen LogP contribution is 2.67. The third-order valence-corrected chi connectivity index (χ3v) is 14.5. The summed E-state index contributed by atoms with van der Waals surface area (Å²) in [4.78, 5) is 12.8. The summed E-state index contributed by atoms with van der Waals surface area (Å²) >= 11 is 0. The standard InChI is InChI=1S/C45H80O2/c1-7-8-9-10-11-12-13-14-15-16-17-18-19-20-21-25-43(46)47-38-30-32-44(5)37(34-38)26-27-39-41-29-28-40(36(4)24-22-23-35(2)3)45(41,6)33-31-42(39)44/h26,35-36,38-42H,7-25,27-34H2,1-6H3/t36-,38+,39+,40-,41+,42-,44+,45-/m1/s1. The molecule has 2 nitrogen and oxygen atoms in total. The largest absolute Gasteiger partial charge is 0.462 e. The molecule has 8 atom stereocenters. The van der Waals surface area contributed by atoms with Gasteiger partial charge in [0.1, 0.15) is 6.10 Å². The summed E-state index contributed by atoms with van der Waals surface area (Å²) in [5.41, 5.74) is 2.54. The Morgan fingerprint density at radius 3 is 1.98 bits per heavy atom. The smallest absolute Gasteiger partial charge is 0.306 e. The zero-order chi connectivity index (χ0) is 33.7. The number of hydrogen-bond donors (Lipinski definition) is 0. The highest BCUT2D eigenvalue weighted by Gasteiger charge is 2.59. The van der Waals surface area contributed by atoms with E-state index in [1.165, 1.54) is 148 Å². The van der Waals surface area contributed by atoms with E-state index in [0.29, 0.717) is 17.3 Å². The van der Waals surface area contributed by atoms with Crippen LogP contribution in [0.4, 0.5) is 0 Å². The summed E-state index contributed by atoms with van der Waals surface area (Å²) in [5.74, 6) is 5.34. The lowest BCUT2D eigenvalue weighted by Crippen LogP contribution is -2.51. The number of rotatable bonds is 22. The van der Waals surface area contributed by atoms with Crippen molar-refractivity contribution >= 4 is 5.97 Å². The molecule has 4 rings (SSSR count). The lowest BCUT2D eigenvalue weighted by Gasteiger charge is -2.58. The maximum atomic E-state index is 12.8. The Labute approximate surface area is 293 Å². The maximum absolute atomic E-state index is 12.8. The Morgan fingerprint density at radius 2 is 1.36 bits per heavy atom. The van der Waals surface area contributed by atoms with Crippen molar-refractivity contribution in [3.05, 3.63) is 11.6 Å². The van der Waals surface area contributed by atoms with E-state index in [1.807, 2.05) is 0 Å². The Hall–Kier alpha value is -0.790. The molecular formula is C45H80O2. The molecular weight excluding hydrogens is 572 g/mol. The summed E-state index contributed by atoms with van der Waals surface area (Å²) in [7, 11) is 0. The van der Waals surface area contributed by atoms with Crippen LogP contribution in [0.15, 0.2) is 11.6 Å². The molecule has 2 heteroatoms. The number of allylic oxidation sites excluding steroid dienone is 1. The van der Waals surface area contributed by atoms with Crippen molar-refractivity contribution in [2.75, 3.05) is 0 Å². The topological polar surface area (TPSA) is 26.3 Å². The zero-order valence-electron chi connectivity index (χ0n) is 32.5. The minimum atomic E-state index is 0.0653. The van der Waals surface area contributed by atoms with Gasteiger partial charge in [-0.1, -0.05) is 162 Å². The third-order valence-electron chi connectivity index (χ3n) is 14.5. The van der Waals surface area contributed by atoms with Crippen molar-refractivity contribution in [1.82, 2.24) is 0 Å². The van der Waals surface area contributed by atoms with Gasteiger partial charge in [0.25, 0.3) is 0 Å². The van der Waals surface area contributed by atoms with Crippen LogP contribution in [0.2, 0.25) is 0 Å². The SMILES string of the molecule is CCCCCCCCCCCCCCCCCC(=O)O[C@H]1CC[C@@]2(C)C(=CC[C@@H]3[C@H]2CC[C@]2(C)[C@@H]([C@H](C)CCCC(C)C)CC[C@@H]32)C1. The predicted molar refractivity (Wildman–Crippen MR) is 202 cm³/mol. The van der Waals surface area contributed by atoms with E-state index in [1.54, 1.807) is 5.57 Å². The van der Waals surface area contributed by atoms with Crippen molar-refractivity contribution in [2.24, 2.45) is 46.3 Å². The van der Waals surface area contributed by atoms with Crippen LogP contribution in [0.5, 0.6) is 0 Å². The second-order valence-electron chi connectivity index (χ2n) is 18.3. The van der Waals surface area contributed by atoms with Crippen molar-refractivity contribution in [3.8, 4) is 0 Å². The van der Waals surface area contributed by atoms with Crippen LogP contribution in [-0.4, -0.2) is 12.1 Å². The Bertz CT molecular complexity index is 934. The molecule has 0 amide bonds. The first kappa shape index (κ1) is 39.0. The Kier molecular flexibility index (Phi) is 16.2. The molecule has 0 aromatic heterocycles. The minimum Gasteiger partial charge on any atom is -0.462 e. The fourth-order valence-corrected chi connectivity index (χ4v) is 11.6. The van der Waals surface area contributed by atoms with Gasteiger partial charge in [-0.05, 0) is 97.7 Å². The third kappa shape index (κ3) is 10.8. The van der Waals surface area contributed by atoms with Gasteiger partial charge in [-0.3, -0.25) is 4.79 Å². The van der Waals surface area contributed by atoms with Gasteiger partial charge in [-0.15, -0.1) is 0 Å². The molecule has 4 aliphatic rings. The first-order chi connectivity index (χ1) is 22.7. The number of ether oxygens (including phenoxy) is 1. The lowest BCUT2D eigenvalue weighted by molar-refractivity contribution is -0.151. The summed E-state index contributed by atoms with van der Waals surface area (Å²) in [5, 5.41) is 0. The fraction of sp³-hybridized carbons (Fsp3) is 0.933. The molecule has 3 saturated carbocycles. The second-order valence-corrected chi connectivity index (χ2v) is 18.3. The minimum absolute atomic E-state index is 0.0653. The Morgan fingerprint density at radius 1 is 0.745 bits per heavy atom. The molecule has 0 saturated heterocycles. The first-order valence-corrected chi connectivity index (χ1v) is 21.6. The van der Waals surface area contributed by atoms with E-state index < -0.39 is 0 Å². The molecule has 3 fully saturated rings. The number of unbranched alkanes of at least 4 members (excludes halogenated alkanes) is 14. The Balaban J connectivity index is 1.10. The predicted octanol–water partition coefficient (Wildman–Crippen LogP) is 14.2. The van der Waals surface area contributed by atoms with E-state index in [2.05, 4.69) is 47.6 Å². The van der Waals surface area contributed by atoms with Crippen molar-refractivity contribution in [3.63, 3.8) is 0 Å². The molecule has 0 aliphatic heterocycles. The van der Waals surface area contributed by atoms with Crippen LogP contribution in [0, 0.1) is 46.3 Å². The van der Waals surface area contributed by atoms with Crippen LogP contribution in [0.3, 0.4) is 0 Å². The van der Waals surface area contributed by atoms with Crippen LogP contribution in [0.25, 0.3) is 0 Å². The molecule has 0 heterocycles. The van der Waals surface area contributed by atoms with Crippen molar-refractivity contribution < 1.29 is 9.53 Å². The van der Waals surface area contributed by atoms with Gasteiger partial charge < -0.3 is 4.74 Å². The van der Waals surface area contributed by atoms with E-state index in [9.17, 15) is 4.79 Å². The van der Waals surface area contributed by atoms with Gasteiger partial charge in [0, 0.05) is 12.8 Å². The van der Waals surface area contributed by atoms with Gasteiger partial charge in [-0.25, -0.2) is 0 Å². The summed E-state index contributed by atoms with van der Waals surface area (Å²) < 4.78 is 6.13. The normalized spacial score (nSPS) is 32.4. The van der Waals surface area contributed by atoms with Crippen LogP contribution in [-0.2, 0) is 9.53 Å². The fourth-order valence-electron chi connectivity index (χ4n) is 11.6. The number of fused-ring (bicyclic) bond motifs is 5. The molecule has 4 aliphatic carbocycles. The second kappa shape index (κ2) is 19.6. The number of esters is 1. The maximum Gasteiger partial charge on any atom is 0.306 e. The summed E-state index contributed by atoms with van der Waals surface area (Å²) in [6.07, 6.45) is 38.4. The van der Waals surface area contributed by atoms with E-state index in [4.69, 9.17) is 4.74 Å². The summed E-state index contributed by atoms with van der Waals surface area (Å²) in [6, 6.07) is 0. The molecule has 0 radical (unpaired) electrons. The highest BCUT2D eigenvalue weighted by molar-refractivity contribution is 5.69. The number of hydrogen-bond acceptors (Lipinski definition) is 2. The summed E-state index contributed by atoms with van der Waals surface area (Å²) in [6.45, 7) is 15.0. The molecule has 0 spiro atoms. The van der Waals surface area contributed by atoms with Gasteiger partial charge in [-0.2, -0.15) is 0 Å². The van der Waals surface area contributed by atoms with Crippen molar-refractivity contribution in [2.45, 2.75) is 221 Å². The van der Waals surface area contributed by atoms with Gasteiger partial charge in [0.15, 0.2) is 0 Å².